The SMILES string of the molecule is CCc1cccnc1CNC1CC(c2ccccc2Br)C1. The van der Waals surface area contributed by atoms with Gasteiger partial charge in [-0.15, -0.1) is 0 Å². The number of halogens is 1. The van der Waals surface area contributed by atoms with Crippen LogP contribution >= 0.6 is 15.9 Å². The number of benzene rings is 1. The van der Waals surface area contributed by atoms with Crippen molar-refractivity contribution in [3.8, 4) is 0 Å². The van der Waals surface area contributed by atoms with Crippen LogP contribution in [0.4, 0.5) is 0 Å². The van der Waals surface area contributed by atoms with E-state index in [0.717, 1.165) is 13.0 Å². The maximum absolute atomic E-state index is 4.50. The van der Waals surface area contributed by atoms with Crippen molar-refractivity contribution in [3.05, 3.63) is 63.9 Å². The summed E-state index contributed by atoms with van der Waals surface area (Å²) in [6.45, 7) is 3.07. The molecule has 2 nitrogen and oxygen atoms in total. The molecule has 0 saturated heterocycles. The zero-order valence-electron chi connectivity index (χ0n) is 12.3. The molecule has 0 aliphatic heterocycles. The molecule has 3 heteroatoms. The number of nitrogens with zero attached hydrogens (tertiary/aromatic N) is 1. The van der Waals surface area contributed by atoms with E-state index in [-0.39, 0.29) is 0 Å². The molecular weight excluding hydrogens is 324 g/mol. The zero-order valence-corrected chi connectivity index (χ0v) is 13.9. The summed E-state index contributed by atoms with van der Waals surface area (Å²) in [6, 6.07) is 13.4. The lowest BCUT2D eigenvalue weighted by molar-refractivity contribution is 0.287. The first-order valence-electron chi connectivity index (χ1n) is 7.68. The van der Waals surface area contributed by atoms with Crippen molar-refractivity contribution in [1.29, 1.82) is 0 Å². The number of nitrogens with one attached hydrogen (secondary N) is 1. The van der Waals surface area contributed by atoms with Gasteiger partial charge < -0.3 is 5.32 Å². The Labute approximate surface area is 135 Å². The Kier molecular flexibility index (Phi) is 4.71. The van der Waals surface area contributed by atoms with Gasteiger partial charge in [-0.2, -0.15) is 0 Å². The third-order valence-electron chi connectivity index (χ3n) is 4.41. The lowest BCUT2D eigenvalue weighted by Gasteiger charge is -2.37. The molecule has 0 unspecified atom stereocenters. The molecule has 1 N–H and O–H groups in total. The second kappa shape index (κ2) is 6.71. The molecule has 1 heterocycles. The Hall–Kier alpha value is -1.19. The summed E-state index contributed by atoms with van der Waals surface area (Å²) in [5.74, 6) is 0.687. The van der Waals surface area contributed by atoms with Crippen LogP contribution in [-0.2, 0) is 13.0 Å². The molecule has 0 radical (unpaired) electrons. The molecular formula is C18H21BrN2. The van der Waals surface area contributed by atoms with Crippen LogP contribution in [0.5, 0.6) is 0 Å². The Balaban J connectivity index is 1.53. The fraction of sp³-hybridized carbons (Fsp3) is 0.389. The predicted molar refractivity (Wildman–Crippen MR) is 90.4 cm³/mol. The van der Waals surface area contributed by atoms with E-state index in [4.69, 9.17) is 0 Å². The first-order valence-corrected chi connectivity index (χ1v) is 8.47. The number of aromatic nitrogens is 1. The molecule has 110 valence electrons. The monoisotopic (exact) mass is 344 g/mol. The first-order chi connectivity index (χ1) is 10.3. The summed E-state index contributed by atoms with van der Waals surface area (Å²) in [4.78, 5) is 4.50. The van der Waals surface area contributed by atoms with E-state index >= 15 is 0 Å². The third kappa shape index (κ3) is 3.35. The lowest BCUT2D eigenvalue weighted by Crippen LogP contribution is -2.40. The van der Waals surface area contributed by atoms with Crippen LogP contribution in [0.1, 0.15) is 42.5 Å². The highest BCUT2D eigenvalue weighted by atomic mass is 79.9. The smallest absolute Gasteiger partial charge is 0.0573 e. The van der Waals surface area contributed by atoms with Crippen molar-refractivity contribution >= 4 is 15.9 Å². The van der Waals surface area contributed by atoms with E-state index in [9.17, 15) is 0 Å². The standard InChI is InChI=1S/C18H21BrN2/c1-2-13-6-5-9-20-18(13)12-21-15-10-14(11-15)16-7-3-4-8-17(16)19/h3-9,14-15,21H,2,10-12H2,1H3. The van der Waals surface area contributed by atoms with E-state index in [2.05, 4.69) is 63.5 Å². The van der Waals surface area contributed by atoms with Crippen molar-refractivity contribution in [1.82, 2.24) is 10.3 Å². The normalized spacial score (nSPS) is 21.0. The Morgan fingerprint density at radius 1 is 1.19 bits per heavy atom. The Bertz CT molecular complexity index is 606. The molecule has 0 spiro atoms. The van der Waals surface area contributed by atoms with Gasteiger partial charge >= 0.3 is 0 Å². The molecule has 21 heavy (non-hydrogen) atoms. The molecule has 3 rings (SSSR count). The van der Waals surface area contributed by atoms with Crippen molar-refractivity contribution in [2.75, 3.05) is 0 Å². The molecule has 0 bridgehead atoms. The molecule has 1 aromatic heterocycles. The average Bonchev–Trinajstić information content (AvgIpc) is 2.47. The van der Waals surface area contributed by atoms with Crippen molar-refractivity contribution in [2.45, 2.75) is 44.7 Å². The fourth-order valence-electron chi connectivity index (χ4n) is 3.04. The lowest BCUT2D eigenvalue weighted by atomic mass is 9.76. The summed E-state index contributed by atoms with van der Waals surface area (Å²) in [6.07, 6.45) is 5.38. The number of hydrogen-bond acceptors (Lipinski definition) is 2. The minimum Gasteiger partial charge on any atom is -0.308 e. The largest absolute Gasteiger partial charge is 0.308 e. The van der Waals surface area contributed by atoms with Crippen molar-refractivity contribution < 1.29 is 0 Å². The average molecular weight is 345 g/mol. The zero-order chi connectivity index (χ0) is 14.7. The Morgan fingerprint density at radius 2 is 2.00 bits per heavy atom. The minimum atomic E-state index is 0.619. The third-order valence-corrected chi connectivity index (χ3v) is 5.13. The summed E-state index contributed by atoms with van der Waals surface area (Å²) >= 11 is 3.66. The topological polar surface area (TPSA) is 24.9 Å². The van der Waals surface area contributed by atoms with Gasteiger partial charge in [-0.3, -0.25) is 4.98 Å². The fourth-order valence-corrected chi connectivity index (χ4v) is 3.65. The van der Waals surface area contributed by atoms with Crippen LogP contribution in [0.3, 0.4) is 0 Å². The van der Waals surface area contributed by atoms with Gasteiger partial charge in [0.05, 0.1) is 5.69 Å². The highest BCUT2D eigenvalue weighted by molar-refractivity contribution is 9.10. The van der Waals surface area contributed by atoms with Crippen LogP contribution in [0, 0.1) is 0 Å². The van der Waals surface area contributed by atoms with Gasteiger partial charge in [0.1, 0.15) is 0 Å². The molecule has 1 aliphatic rings. The van der Waals surface area contributed by atoms with E-state index in [1.165, 1.54) is 34.1 Å². The summed E-state index contributed by atoms with van der Waals surface area (Å²) in [5, 5.41) is 3.65. The van der Waals surface area contributed by atoms with Crippen LogP contribution in [0.2, 0.25) is 0 Å². The first kappa shape index (κ1) is 14.7. The number of hydrogen-bond donors (Lipinski definition) is 1. The maximum atomic E-state index is 4.50. The van der Waals surface area contributed by atoms with E-state index in [0.29, 0.717) is 12.0 Å². The van der Waals surface area contributed by atoms with Gasteiger partial charge in [0, 0.05) is 23.3 Å². The second-order valence-electron chi connectivity index (χ2n) is 5.73. The van der Waals surface area contributed by atoms with E-state index < -0.39 is 0 Å². The number of aryl methyl sites for hydroxylation is 1. The molecule has 1 aliphatic carbocycles. The van der Waals surface area contributed by atoms with E-state index in [1.807, 2.05) is 12.3 Å². The van der Waals surface area contributed by atoms with Crippen molar-refractivity contribution in [3.63, 3.8) is 0 Å². The van der Waals surface area contributed by atoms with Crippen LogP contribution in [0.25, 0.3) is 0 Å². The van der Waals surface area contributed by atoms with Crippen LogP contribution in [0.15, 0.2) is 47.1 Å². The molecule has 2 aromatic rings. The summed E-state index contributed by atoms with van der Waals surface area (Å²) in [5.41, 5.74) is 4.00. The maximum Gasteiger partial charge on any atom is 0.0573 e. The van der Waals surface area contributed by atoms with Gasteiger partial charge in [-0.05, 0) is 48.4 Å². The van der Waals surface area contributed by atoms with Crippen LogP contribution in [-0.4, -0.2) is 11.0 Å². The van der Waals surface area contributed by atoms with Crippen LogP contribution < -0.4 is 5.32 Å². The highest BCUT2D eigenvalue weighted by Gasteiger charge is 2.30. The highest BCUT2D eigenvalue weighted by Crippen LogP contribution is 2.40. The van der Waals surface area contributed by atoms with Gasteiger partial charge in [-0.1, -0.05) is 47.1 Å². The summed E-state index contributed by atoms with van der Waals surface area (Å²) < 4.78 is 1.24. The molecule has 1 aromatic carbocycles. The predicted octanol–water partition coefficient (Wildman–Crippen LogP) is 4.44. The number of pyridine rings is 1. The molecule has 1 saturated carbocycles. The second-order valence-corrected chi connectivity index (χ2v) is 6.58. The van der Waals surface area contributed by atoms with Gasteiger partial charge in [0.2, 0.25) is 0 Å². The van der Waals surface area contributed by atoms with Gasteiger partial charge in [0.15, 0.2) is 0 Å². The Morgan fingerprint density at radius 3 is 2.76 bits per heavy atom. The number of rotatable bonds is 5. The van der Waals surface area contributed by atoms with Gasteiger partial charge in [0.25, 0.3) is 0 Å². The molecule has 0 atom stereocenters. The van der Waals surface area contributed by atoms with Gasteiger partial charge in [-0.25, -0.2) is 0 Å². The molecule has 1 fully saturated rings. The van der Waals surface area contributed by atoms with Crippen molar-refractivity contribution in [2.24, 2.45) is 0 Å². The summed E-state index contributed by atoms with van der Waals surface area (Å²) in [7, 11) is 0. The molecule has 0 amide bonds. The minimum absolute atomic E-state index is 0.619. The van der Waals surface area contributed by atoms with E-state index in [1.54, 1.807) is 0 Å². The quantitative estimate of drug-likeness (QED) is 0.866.